The summed E-state index contributed by atoms with van der Waals surface area (Å²) < 4.78 is 0.824. The monoisotopic (exact) mass is 341 g/mol. The van der Waals surface area contributed by atoms with Gasteiger partial charge in [0.2, 0.25) is 0 Å². The fourth-order valence-corrected chi connectivity index (χ4v) is 2.56. The Labute approximate surface area is 126 Å². The van der Waals surface area contributed by atoms with Gasteiger partial charge in [0.25, 0.3) is 0 Å². The van der Waals surface area contributed by atoms with Crippen molar-refractivity contribution in [2.45, 2.75) is 37.8 Å². The van der Waals surface area contributed by atoms with E-state index in [1.807, 2.05) is 0 Å². The average molecular weight is 342 g/mol. The van der Waals surface area contributed by atoms with Crippen LogP contribution in [0.5, 0.6) is 0 Å². The molecule has 0 unspecified atom stereocenters. The molecule has 0 saturated heterocycles. The van der Waals surface area contributed by atoms with Gasteiger partial charge in [-0.3, -0.25) is 0 Å². The van der Waals surface area contributed by atoms with Crippen LogP contribution in [0.2, 0.25) is 5.28 Å². The van der Waals surface area contributed by atoms with Crippen molar-refractivity contribution in [3.8, 4) is 0 Å². The molecule has 8 heteroatoms. The Morgan fingerprint density at radius 3 is 2.84 bits per heavy atom. The van der Waals surface area contributed by atoms with Gasteiger partial charge in [-0.25, -0.2) is 0 Å². The molecule has 1 aromatic rings. The van der Waals surface area contributed by atoms with E-state index in [1.54, 1.807) is 6.20 Å². The predicted molar refractivity (Wildman–Crippen MR) is 82.1 cm³/mol. The van der Waals surface area contributed by atoms with Gasteiger partial charge in [-0.2, -0.15) is 0 Å². The van der Waals surface area contributed by atoms with E-state index in [0.29, 0.717) is 12.1 Å². The van der Waals surface area contributed by atoms with E-state index in [2.05, 4.69) is 47.8 Å². The summed E-state index contributed by atoms with van der Waals surface area (Å²) in [6, 6.07) is 0.700. The Morgan fingerprint density at radius 2 is 2.16 bits per heavy atom. The van der Waals surface area contributed by atoms with Crippen LogP contribution in [0, 0.1) is 0 Å². The van der Waals surface area contributed by atoms with Crippen LogP contribution in [0.1, 0.15) is 25.7 Å². The predicted octanol–water partition coefficient (Wildman–Crippen LogP) is 3.12. The van der Waals surface area contributed by atoms with Crippen molar-refractivity contribution in [2.24, 2.45) is 10.1 Å². The number of hydrogen-bond donors (Lipinski definition) is 1. The number of nitrogens with zero attached hydrogens (tertiary/aromatic N) is 4. The quantitative estimate of drug-likeness (QED) is 0.519. The number of hydrogen-bond acceptors (Lipinski definition) is 5. The van der Waals surface area contributed by atoms with Gasteiger partial charge in [0, 0.05) is 0 Å². The number of halogens is 2. The number of anilines is 1. The Balaban J connectivity index is 1.90. The molecular weight excluding hydrogens is 328 g/mol. The molecule has 0 aliphatic heterocycles. The van der Waals surface area contributed by atoms with Gasteiger partial charge in [-0.1, -0.05) is 0 Å². The molecule has 0 bridgehead atoms. The van der Waals surface area contributed by atoms with E-state index in [9.17, 15) is 0 Å². The molecule has 0 radical (unpaired) electrons. The second kappa shape index (κ2) is 7.10. The molecule has 2 rings (SSSR count). The van der Waals surface area contributed by atoms with Crippen LogP contribution in [0.3, 0.4) is 0 Å². The standard InChI is InChI=1S/C11H14BBrClN5/c1-12-19-18-8-4-2-7(3-5-8)16-10-9(13)6-15-11(14)17-10/h6-8H,1-5H2,(H,15,16,17). The van der Waals surface area contributed by atoms with Crippen LogP contribution < -0.4 is 5.32 Å². The van der Waals surface area contributed by atoms with E-state index in [0.717, 1.165) is 36.0 Å². The first-order chi connectivity index (χ1) is 9.19. The fourth-order valence-electron chi connectivity index (χ4n) is 2.12. The minimum absolute atomic E-state index is 0.249. The summed E-state index contributed by atoms with van der Waals surface area (Å²) in [5, 5.41) is 11.7. The van der Waals surface area contributed by atoms with Crippen molar-refractivity contribution in [3.05, 3.63) is 16.0 Å². The van der Waals surface area contributed by atoms with Crippen molar-refractivity contribution >= 4 is 46.9 Å². The van der Waals surface area contributed by atoms with Crippen LogP contribution >= 0.6 is 27.5 Å². The second-order valence-electron chi connectivity index (χ2n) is 4.40. The molecule has 1 aromatic heterocycles. The topological polar surface area (TPSA) is 62.5 Å². The summed E-state index contributed by atoms with van der Waals surface area (Å²) in [4.78, 5) is 8.09. The van der Waals surface area contributed by atoms with Gasteiger partial charge in [-0.05, 0) is 0 Å². The maximum absolute atomic E-state index is 5.80. The minimum atomic E-state index is 0.249. The van der Waals surface area contributed by atoms with Crippen molar-refractivity contribution in [3.63, 3.8) is 0 Å². The third-order valence-corrected chi connectivity index (χ3v) is 3.83. The van der Waals surface area contributed by atoms with Gasteiger partial charge >= 0.3 is 126 Å². The van der Waals surface area contributed by atoms with Crippen LogP contribution in [0.25, 0.3) is 0 Å². The zero-order chi connectivity index (χ0) is 13.7. The Bertz CT molecular complexity index is 476. The summed E-state index contributed by atoms with van der Waals surface area (Å²) in [5.74, 6) is 0.746. The van der Waals surface area contributed by atoms with Gasteiger partial charge in [0.1, 0.15) is 0 Å². The first kappa shape index (κ1) is 14.6. The summed E-state index contributed by atoms with van der Waals surface area (Å²) >= 11 is 9.21. The maximum atomic E-state index is 5.80. The molecule has 1 heterocycles. The molecule has 100 valence electrons. The van der Waals surface area contributed by atoms with Crippen molar-refractivity contribution in [1.29, 1.82) is 0 Å². The molecule has 1 aliphatic carbocycles. The second-order valence-corrected chi connectivity index (χ2v) is 5.59. The fraction of sp³-hybridized carbons (Fsp3) is 0.545. The van der Waals surface area contributed by atoms with Gasteiger partial charge < -0.3 is 0 Å². The van der Waals surface area contributed by atoms with Gasteiger partial charge in [0.15, 0.2) is 0 Å². The van der Waals surface area contributed by atoms with Crippen molar-refractivity contribution in [1.82, 2.24) is 9.97 Å². The number of nitrogens with one attached hydrogen (secondary N) is 1. The summed E-state index contributed by atoms with van der Waals surface area (Å²) in [5.41, 5.74) is 0. The SMILES string of the molecule is C=BN=NC1CCC(Nc2nc(Cl)ncc2Br)CC1. The molecule has 0 aromatic carbocycles. The first-order valence-corrected chi connectivity index (χ1v) is 7.31. The van der Waals surface area contributed by atoms with Crippen molar-refractivity contribution in [2.75, 3.05) is 5.32 Å². The van der Waals surface area contributed by atoms with E-state index in [4.69, 9.17) is 11.6 Å². The molecule has 19 heavy (non-hydrogen) atoms. The third-order valence-electron chi connectivity index (χ3n) is 3.06. The first-order valence-electron chi connectivity index (χ1n) is 6.14. The Morgan fingerprint density at radius 1 is 1.42 bits per heavy atom. The van der Waals surface area contributed by atoms with E-state index in [1.165, 1.54) is 7.06 Å². The normalized spacial score (nSPS) is 23.3. The van der Waals surface area contributed by atoms with E-state index >= 15 is 0 Å². The zero-order valence-corrected chi connectivity index (χ0v) is 12.7. The van der Waals surface area contributed by atoms with Gasteiger partial charge in [-0.15, -0.1) is 0 Å². The molecule has 5 nitrogen and oxygen atoms in total. The molecule has 0 spiro atoms. The van der Waals surface area contributed by atoms with E-state index < -0.39 is 0 Å². The summed E-state index contributed by atoms with van der Waals surface area (Å²) in [6.07, 6.45) is 5.77. The molecule has 1 N–H and O–H groups in total. The van der Waals surface area contributed by atoms with Gasteiger partial charge in [0.05, 0.1) is 0 Å². The Kier molecular flexibility index (Phi) is 5.45. The average Bonchev–Trinajstić information content (AvgIpc) is 2.42. The van der Waals surface area contributed by atoms with Crippen molar-refractivity contribution < 1.29 is 0 Å². The number of rotatable bonds is 4. The van der Waals surface area contributed by atoms with Crippen LogP contribution in [0.4, 0.5) is 5.82 Å². The third kappa shape index (κ3) is 4.35. The zero-order valence-electron chi connectivity index (χ0n) is 10.4. The van der Waals surface area contributed by atoms with Crippen LogP contribution in [-0.4, -0.2) is 35.6 Å². The molecule has 0 atom stereocenters. The molecule has 1 fully saturated rings. The number of aromatic nitrogens is 2. The molecular formula is C11H14BBrClN5. The molecule has 1 saturated carbocycles. The van der Waals surface area contributed by atoms with Crippen LogP contribution in [-0.2, 0) is 0 Å². The van der Waals surface area contributed by atoms with Crippen LogP contribution in [0.15, 0.2) is 20.8 Å². The molecule has 0 amide bonds. The molecule has 1 aliphatic rings. The summed E-state index contributed by atoms with van der Waals surface area (Å²) in [6.45, 7) is 3.53. The Hall–Kier alpha value is -0.815. The summed E-state index contributed by atoms with van der Waals surface area (Å²) in [7, 11) is 1.48. The van der Waals surface area contributed by atoms with E-state index in [-0.39, 0.29) is 5.28 Å².